The second kappa shape index (κ2) is 8.63. The molecule has 1 aliphatic rings. The molecule has 1 unspecified atom stereocenters. The number of carbonyl (C=O) groups is 1. The van der Waals surface area contributed by atoms with E-state index < -0.39 is 11.6 Å². The Labute approximate surface area is 179 Å². The van der Waals surface area contributed by atoms with Crippen LogP contribution in [0.25, 0.3) is 11.1 Å². The highest BCUT2D eigenvalue weighted by molar-refractivity contribution is 5.95. The Kier molecular flexibility index (Phi) is 5.75. The summed E-state index contributed by atoms with van der Waals surface area (Å²) < 4.78 is 33.5. The minimum Gasteiger partial charge on any atom is -0.475 e. The molecule has 0 fully saturated rings. The van der Waals surface area contributed by atoms with E-state index in [9.17, 15) is 13.6 Å². The molecule has 0 radical (unpaired) electrons. The van der Waals surface area contributed by atoms with Gasteiger partial charge in [-0.15, -0.1) is 0 Å². The van der Waals surface area contributed by atoms with Crippen molar-refractivity contribution in [1.29, 1.82) is 0 Å². The van der Waals surface area contributed by atoms with Crippen LogP contribution < -0.4 is 4.90 Å². The number of nitrogens with zero attached hydrogens (tertiary/aromatic N) is 3. The number of rotatable bonds is 5. The largest absolute Gasteiger partial charge is 0.475 e. The molecule has 0 aliphatic carbocycles. The minimum absolute atomic E-state index is 0.0181. The van der Waals surface area contributed by atoms with Crippen LogP contribution in [-0.2, 0) is 9.53 Å². The summed E-state index contributed by atoms with van der Waals surface area (Å²) in [6.45, 7) is 4.19. The van der Waals surface area contributed by atoms with Crippen molar-refractivity contribution in [3.8, 4) is 11.1 Å². The molecule has 0 saturated heterocycles. The number of aromatic nitrogens is 1. The zero-order chi connectivity index (χ0) is 22.0. The smallest absolute Gasteiger partial charge is 0.225 e. The van der Waals surface area contributed by atoms with Gasteiger partial charge < -0.3 is 4.74 Å². The van der Waals surface area contributed by atoms with Gasteiger partial charge in [0.15, 0.2) is 0 Å². The van der Waals surface area contributed by atoms with E-state index in [1.54, 1.807) is 11.1 Å². The zero-order valence-corrected chi connectivity index (χ0v) is 17.2. The van der Waals surface area contributed by atoms with Gasteiger partial charge in [0.25, 0.3) is 0 Å². The first kappa shape index (κ1) is 20.7. The summed E-state index contributed by atoms with van der Waals surface area (Å²) in [4.78, 5) is 22.0. The lowest BCUT2D eigenvalue weighted by molar-refractivity contribution is -0.116. The van der Waals surface area contributed by atoms with Crippen LogP contribution in [0.3, 0.4) is 0 Å². The number of anilines is 1. The van der Waals surface area contributed by atoms with E-state index in [-0.39, 0.29) is 30.0 Å². The highest BCUT2D eigenvalue weighted by Gasteiger charge is 2.26. The second-order valence-electron chi connectivity index (χ2n) is 7.15. The quantitative estimate of drug-likeness (QED) is 0.588. The summed E-state index contributed by atoms with van der Waals surface area (Å²) in [7, 11) is 0. The van der Waals surface area contributed by atoms with Crippen LogP contribution in [0.1, 0.15) is 31.0 Å². The molecule has 1 atom stereocenters. The first-order valence-electron chi connectivity index (χ1n) is 9.97. The molecular formula is C24H21F2N3O2. The van der Waals surface area contributed by atoms with Gasteiger partial charge in [-0.25, -0.2) is 18.8 Å². The normalized spacial score (nSPS) is 15.4. The lowest BCUT2D eigenvalue weighted by atomic mass is 10.0. The Balaban J connectivity index is 1.53. The summed E-state index contributed by atoms with van der Waals surface area (Å²) in [5.74, 6) is -0.855. The number of carbonyl (C=O) groups excluding carboxylic acids is 1. The fraction of sp³-hybridized carbons (Fsp3) is 0.208. The molecule has 7 heteroatoms. The van der Waals surface area contributed by atoms with Gasteiger partial charge in [0, 0.05) is 25.2 Å². The predicted octanol–water partition coefficient (Wildman–Crippen LogP) is 4.92. The molecular weight excluding hydrogens is 400 g/mol. The van der Waals surface area contributed by atoms with Crippen LogP contribution in [0.15, 0.2) is 65.8 Å². The van der Waals surface area contributed by atoms with Crippen molar-refractivity contribution in [2.24, 2.45) is 4.99 Å². The van der Waals surface area contributed by atoms with Crippen LogP contribution in [0.5, 0.6) is 0 Å². The Morgan fingerprint density at radius 3 is 2.32 bits per heavy atom. The second-order valence-corrected chi connectivity index (χ2v) is 7.15. The number of amides is 1. The molecule has 0 N–H and O–H groups in total. The maximum Gasteiger partial charge on any atom is 0.225 e. The number of pyridine rings is 1. The number of ether oxygens (including phenoxy) is 1. The molecule has 1 amide bonds. The van der Waals surface area contributed by atoms with Crippen molar-refractivity contribution in [3.63, 3.8) is 0 Å². The summed E-state index contributed by atoms with van der Waals surface area (Å²) in [6, 6.07) is 14.8. The summed E-state index contributed by atoms with van der Waals surface area (Å²) in [5.41, 5.74) is 2.51. The number of hydrogen-bond donors (Lipinski definition) is 0. The van der Waals surface area contributed by atoms with Gasteiger partial charge in [-0.1, -0.05) is 30.3 Å². The number of aliphatic imine (C=N–C) groups is 1. The topological polar surface area (TPSA) is 54.8 Å². The van der Waals surface area contributed by atoms with Crippen LogP contribution in [0.2, 0.25) is 0 Å². The van der Waals surface area contributed by atoms with E-state index in [1.165, 1.54) is 25.1 Å². The minimum atomic E-state index is -0.697. The first-order valence-corrected chi connectivity index (χ1v) is 9.97. The third-order valence-electron chi connectivity index (χ3n) is 5.18. The molecule has 31 heavy (non-hydrogen) atoms. The van der Waals surface area contributed by atoms with E-state index in [1.807, 2.05) is 43.3 Å². The maximum atomic E-state index is 14.0. The average Bonchev–Trinajstić information content (AvgIpc) is 3.24. The fourth-order valence-corrected chi connectivity index (χ4v) is 3.54. The van der Waals surface area contributed by atoms with Crippen molar-refractivity contribution in [2.75, 3.05) is 18.1 Å². The van der Waals surface area contributed by atoms with Crippen LogP contribution in [-0.4, -0.2) is 29.9 Å². The standard InChI is InChI=1S/C24H21F2N3O2/c1-3-29(15(2)30)22-12-11-18(13-27-22)16-7-9-17(10-8-16)21-14-31-24(28-21)23-19(25)5-4-6-20(23)26/h4-13,21H,3,14H2,1-2H3. The molecule has 0 spiro atoms. The van der Waals surface area contributed by atoms with Crippen molar-refractivity contribution < 1.29 is 18.3 Å². The fourth-order valence-electron chi connectivity index (χ4n) is 3.54. The third-order valence-corrected chi connectivity index (χ3v) is 5.18. The Bertz CT molecular complexity index is 1110. The Morgan fingerprint density at radius 2 is 1.74 bits per heavy atom. The average molecular weight is 421 g/mol. The number of halogens is 2. The molecule has 4 rings (SSSR count). The van der Waals surface area contributed by atoms with Gasteiger partial charge >= 0.3 is 0 Å². The van der Waals surface area contributed by atoms with Gasteiger partial charge in [-0.3, -0.25) is 9.69 Å². The van der Waals surface area contributed by atoms with E-state index >= 15 is 0 Å². The molecule has 0 bridgehead atoms. The monoisotopic (exact) mass is 421 g/mol. The molecule has 2 heterocycles. The number of hydrogen-bond acceptors (Lipinski definition) is 4. The summed E-state index contributed by atoms with van der Waals surface area (Å²) in [5, 5.41) is 0. The molecule has 0 saturated carbocycles. The lowest BCUT2D eigenvalue weighted by Gasteiger charge is -2.17. The molecule has 1 aliphatic heterocycles. The van der Waals surface area contributed by atoms with Crippen molar-refractivity contribution >= 4 is 17.6 Å². The zero-order valence-electron chi connectivity index (χ0n) is 17.2. The van der Waals surface area contributed by atoms with Gasteiger partial charge in [-0.2, -0.15) is 0 Å². The van der Waals surface area contributed by atoms with Crippen molar-refractivity contribution in [2.45, 2.75) is 19.9 Å². The van der Waals surface area contributed by atoms with Gasteiger partial charge in [0.1, 0.15) is 35.7 Å². The third kappa shape index (κ3) is 4.17. The van der Waals surface area contributed by atoms with E-state index in [4.69, 9.17) is 4.74 Å². The molecule has 3 aromatic rings. The van der Waals surface area contributed by atoms with Crippen LogP contribution >= 0.6 is 0 Å². The molecule has 2 aromatic carbocycles. The van der Waals surface area contributed by atoms with Crippen molar-refractivity contribution in [3.05, 3.63) is 83.6 Å². The van der Waals surface area contributed by atoms with Crippen LogP contribution in [0, 0.1) is 11.6 Å². The summed E-state index contributed by atoms with van der Waals surface area (Å²) >= 11 is 0. The lowest BCUT2D eigenvalue weighted by Crippen LogP contribution is -2.28. The van der Waals surface area contributed by atoms with Gasteiger partial charge in [0.2, 0.25) is 11.8 Å². The van der Waals surface area contributed by atoms with Gasteiger partial charge in [0.05, 0.1) is 0 Å². The van der Waals surface area contributed by atoms with Gasteiger partial charge in [-0.05, 0) is 42.3 Å². The van der Waals surface area contributed by atoms with Crippen LogP contribution in [0.4, 0.5) is 14.6 Å². The SMILES string of the molecule is CCN(C(C)=O)c1ccc(-c2ccc(C3COC(c4c(F)cccc4F)=N3)cc2)cn1. The molecule has 5 nitrogen and oxygen atoms in total. The Morgan fingerprint density at radius 1 is 1.06 bits per heavy atom. The maximum absolute atomic E-state index is 14.0. The predicted molar refractivity (Wildman–Crippen MR) is 115 cm³/mol. The molecule has 1 aromatic heterocycles. The van der Waals surface area contributed by atoms with Crippen molar-refractivity contribution in [1.82, 2.24) is 4.98 Å². The van der Waals surface area contributed by atoms with E-state index in [0.29, 0.717) is 12.4 Å². The highest BCUT2D eigenvalue weighted by Crippen LogP contribution is 2.29. The first-order chi connectivity index (χ1) is 15.0. The van der Waals surface area contributed by atoms with E-state index in [2.05, 4.69) is 9.98 Å². The summed E-state index contributed by atoms with van der Waals surface area (Å²) in [6.07, 6.45) is 1.73. The highest BCUT2D eigenvalue weighted by atomic mass is 19.1. The number of benzene rings is 2. The molecule has 158 valence electrons. The Hall–Kier alpha value is -3.61. The van der Waals surface area contributed by atoms with E-state index in [0.717, 1.165) is 16.7 Å².